The SMILES string of the molecule is CCOc1ccc(C2CCC(COc3ccc(OC)c(F)c3)CC2)c(F)c1F. The lowest BCUT2D eigenvalue weighted by atomic mass is 9.79. The minimum Gasteiger partial charge on any atom is -0.494 e. The molecular formula is C22H25F3O3. The third-order valence-electron chi connectivity index (χ3n) is 5.27. The van der Waals surface area contributed by atoms with Gasteiger partial charge in [-0.05, 0) is 68.2 Å². The van der Waals surface area contributed by atoms with Gasteiger partial charge in [0.25, 0.3) is 0 Å². The van der Waals surface area contributed by atoms with Crippen molar-refractivity contribution in [1.82, 2.24) is 0 Å². The predicted octanol–water partition coefficient (Wildman–Crippen LogP) is 5.86. The summed E-state index contributed by atoms with van der Waals surface area (Å²) >= 11 is 0. The molecule has 0 radical (unpaired) electrons. The monoisotopic (exact) mass is 394 g/mol. The van der Waals surface area contributed by atoms with Crippen LogP contribution in [0.25, 0.3) is 0 Å². The summed E-state index contributed by atoms with van der Waals surface area (Å²) < 4.78 is 58.0. The second kappa shape index (κ2) is 9.22. The molecule has 6 heteroatoms. The van der Waals surface area contributed by atoms with Crippen LogP contribution in [0.2, 0.25) is 0 Å². The Hall–Kier alpha value is -2.37. The molecule has 0 heterocycles. The molecule has 0 aromatic heterocycles. The van der Waals surface area contributed by atoms with Crippen molar-refractivity contribution in [3.8, 4) is 17.2 Å². The van der Waals surface area contributed by atoms with E-state index in [0.29, 0.717) is 30.4 Å². The standard InChI is InChI=1S/C22H25F3O3/c1-3-27-20-11-9-17(21(24)22(20)25)15-6-4-14(5-7-15)13-28-16-8-10-19(26-2)18(23)12-16/h8-12,14-15H,3-7,13H2,1-2H3. The number of methoxy groups -OCH3 is 1. The molecule has 0 spiro atoms. The normalized spacial score (nSPS) is 19.3. The highest BCUT2D eigenvalue weighted by molar-refractivity contribution is 5.34. The molecule has 2 aromatic rings. The molecule has 0 aliphatic heterocycles. The summed E-state index contributed by atoms with van der Waals surface area (Å²) in [5.74, 6) is -1.30. The van der Waals surface area contributed by atoms with Crippen molar-refractivity contribution in [1.29, 1.82) is 0 Å². The van der Waals surface area contributed by atoms with E-state index in [-0.39, 0.29) is 17.4 Å². The number of rotatable bonds is 7. The van der Waals surface area contributed by atoms with E-state index in [2.05, 4.69) is 0 Å². The number of ether oxygens (including phenoxy) is 3. The van der Waals surface area contributed by atoms with Crippen LogP contribution in [-0.4, -0.2) is 20.3 Å². The first-order valence-electron chi connectivity index (χ1n) is 9.60. The maximum atomic E-state index is 14.4. The largest absolute Gasteiger partial charge is 0.494 e. The molecule has 0 unspecified atom stereocenters. The third-order valence-corrected chi connectivity index (χ3v) is 5.27. The van der Waals surface area contributed by atoms with Crippen LogP contribution in [0, 0.1) is 23.4 Å². The van der Waals surface area contributed by atoms with Crippen molar-refractivity contribution >= 4 is 0 Å². The van der Waals surface area contributed by atoms with Gasteiger partial charge >= 0.3 is 0 Å². The van der Waals surface area contributed by atoms with Crippen LogP contribution < -0.4 is 14.2 Å². The van der Waals surface area contributed by atoms with Crippen molar-refractivity contribution in [2.75, 3.05) is 20.3 Å². The molecule has 2 aromatic carbocycles. The van der Waals surface area contributed by atoms with Gasteiger partial charge in [0.15, 0.2) is 23.1 Å². The van der Waals surface area contributed by atoms with Crippen molar-refractivity contribution in [2.45, 2.75) is 38.5 Å². The highest BCUT2D eigenvalue weighted by Gasteiger charge is 2.27. The van der Waals surface area contributed by atoms with E-state index in [4.69, 9.17) is 14.2 Å². The van der Waals surface area contributed by atoms with E-state index >= 15 is 0 Å². The maximum absolute atomic E-state index is 14.4. The van der Waals surface area contributed by atoms with Crippen LogP contribution in [0.4, 0.5) is 13.2 Å². The zero-order valence-electron chi connectivity index (χ0n) is 16.1. The lowest BCUT2D eigenvalue weighted by Gasteiger charge is -2.29. The van der Waals surface area contributed by atoms with Crippen LogP contribution in [-0.2, 0) is 0 Å². The number of halogens is 3. The van der Waals surface area contributed by atoms with Gasteiger partial charge in [-0.1, -0.05) is 6.07 Å². The Labute approximate surface area is 163 Å². The molecule has 152 valence electrons. The Balaban J connectivity index is 1.55. The molecule has 0 atom stereocenters. The summed E-state index contributed by atoms with van der Waals surface area (Å²) in [5, 5.41) is 0. The van der Waals surface area contributed by atoms with Crippen molar-refractivity contribution in [3.63, 3.8) is 0 Å². The van der Waals surface area contributed by atoms with E-state index in [1.54, 1.807) is 19.1 Å². The van der Waals surface area contributed by atoms with Crippen molar-refractivity contribution < 1.29 is 27.4 Å². The quantitative estimate of drug-likeness (QED) is 0.588. The molecule has 0 saturated heterocycles. The third kappa shape index (κ3) is 4.54. The Kier molecular flexibility index (Phi) is 6.70. The average molecular weight is 394 g/mol. The predicted molar refractivity (Wildman–Crippen MR) is 101 cm³/mol. The highest BCUT2D eigenvalue weighted by Crippen LogP contribution is 2.39. The second-order valence-corrected chi connectivity index (χ2v) is 7.04. The smallest absolute Gasteiger partial charge is 0.200 e. The first-order chi connectivity index (χ1) is 13.5. The first-order valence-corrected chi connectivity index (χ1v) is 9.60. The maximum Gasteiger partial charge on any atom is 0.200 e. The molecule has 0 bridgehead atoms. The van der Waals surface area contributed by atoms with Crippen LogP contribution in [0.3, 0.4) is 0 Å². The van der Waals surface area contributed by atoms with Crippen LogP contribution in [0.1, 0.15) is 44.1 Å². The topological polar surface area (TPSA) is 27.7 Å². The minimum absolute atomic E-state index is 0.0140. The van der Waals surface area contributed by atoms with E-state index in [1.807, 2.05) is 0 Å². The average Bonchev–Trinajstić information content (AvgIpc) is 2.71. The van der Waals surface area contributed by atoms with Gasteiger partial charge in [0.2, 0.25) is 5.82 Å². The fourth-order valence-corrected chi connectivity index (χ4v) is 3.72. The molecule has 28 heavy (non-hydrogen) atoms. The Bertz CT molecular complexity index is 802. The highest BCUT2D eigenvalue weighted by atomic mass is 19.2. The summed E-state index contributed by atoms with van der Waals surface area (Å²) in [4.78, 5) is 0. The lowest BCUT2D eigenvalue weighted by Crippen LogP contribution is -2.20. The Morgan fingerprint density at radius 1 is 0.893 bits per heavy atom. The first kappa shape index (κ1) is 20.4. The molecule has 3 nitrogen and oxygen atoms in total. The zero-order valence-corrected chi connectivity index (χ0v) is 16.1. The van der Waals surface area contributed by atoms with Gasteiger partial charge in [-0.3, -0.25) is 0 Å². The van der Waals surface area contributed by atoms with E-state index in [1.165, 1.54) is 25.3 Å². The molecule has 0 N–H and O–H groups in total. The Morgan fingerprint density at radius 2 is 1.61 bits per heavy atom. The second-order valence-electron chi connectivity index (χ2n) is 7.04. The molecular weight excluding hydrogens is 369 g/mol. The van der Waals surface area contributed by atoms with Crippen LogP contribution in [0.15, 0.2) is 30.3 Å². The minimum atomic E-state index is -0.911. The molecule has 1 saturated carbocycles. The molecule has 1 aliphatic rings. The number of benzene rings is 2. The van der Waals surface area contributed by atoms with E-state index < -0.39 is 17.5 Å². The number of hydrogen-bond donors (Lipinski definition) is 0. The number of hydrogen-bond acceptors (Lipinski definition) is 3. The summed E-state index contributed by atoms with van der Waals surface area (Å²) in [5.41, 5.74) is 0.414. The molecule has 0 amide bonds. The van der Waals surface area contributed by atoms with Gasteiger partial charge in [0.1, 0.15) is 5.75 Å². The summed E-state index contributed by atoms with van der Waals surface area (Å²) in [6.07, 6.45) is 3.21. The summed E-state index contributed by atoms with van der Waals surface area (Å²) in [6.45, 7) is 2.49. The van der Waals surface area contributed by atoms with Gasteiger partial charge in [-0.25, -0.2) is 8.78 Å². The van der Waals surface area contributed by atoms with Crippen LogP contribution in [0.5, 0.6) is 17.2 Å². The fraction of sp³-hybridized carbons (Fsp3) is 0.455. The van der Waals surface area contributed by atoms with Gasteiger partial charge in [0, 0.05) is 6.07 Å². The van der Waals surface area contributed by atoms with Crippen molar-refractivity contribution in [3.05, 3.63) is 53.3 Å². The van der Waals surface area contributed by atoms with Crippen LogP contribution >= 0.6 is 0 Å². The van der Waals surface area contributed by atoms with Gasteiger partial charge in [-0.15, -0.1) is 0 Å². The van der Waals surface area contributed by atoms with Gasteiger partial charge < -0.3 is 14.2 Å². The lowest BCUT2D eigenvalue weighted by molar-refractivity contribution is 0.198. The summed E-state index contributed by atoms with van der Waals surface area (Å²) in [6, 6.07) is 7.65. The van der Waals surface area contributed by atoms with Crippen molar-refractivity contribution in [2.24, 2.45) is 5.92 Å². The Morgan fingerprint density at radius 3 is 2.25 bits per heavy atom. The van der Waals surface area contributed by atoms with E-state index in [0.717, 1.165) is 25.7 Å². The van der Waals surface area contributed by atoms with Gasteiger partial charge in [-0.2, -0.15) is 4.39 Å². The zero-order chi connectivity index (χ0) is 20.1. The molecule has 1 fully saturated rings. The molecule has 3 rings (SSSR count). The summed E-state index contributed by atoms with van der Waals surface area (Å²) in [7, 11) is 1.41. The molecule has 1 aliphatic carbocycles. The van der Waals surface area contributed by atoms with Gasteiger partial charge in [0.05, 0.1) is 20.3 Å². The van der Waals surface area contributed by atoms with E-state index in [9.17, 15) is 13.2 Å². The fourth-order valence-electron chi connectivity index (χ4n) is 3.72.